The molecule has 1 heterocycles. The number of nitrogens with zero attached hydrogens (tertiary/aromatic N) is 3. The van der Waals surface area contributed by atoms with E-state index in [0.29, 0.717) is 17.6 Å². The molecule has 30 heavy (non-hydrogen) atoms. The minimum absolute atomic E-state index is 0.0549. The number of carbonyl (C=O) groups excluding carboxylic acids is 1. The fraction of sp³-hybridized carbons (Fsp3) is 0.348. The van der Waals surface area contributed by atoms with Gasteiger partial charge >= 0.3 is 0 Å². The van der Waals surface area contributed by atoms with Crippen LogP contribution < -0.4 is 10.1 Å². The second kappa shape index (κ2) is 9.80. The van der Waals surface area contributed by atoms with Gasteiger partial charge in [-0.1, -0.05) is 55.9 Å². The summed E-state index contributed by atoms with van der Waals surface area (Å²) in [7, 11) is 1.64. The van der Waals surface area contributed by atoms with Gasteiger partial charge in [-0.2, -0.15) is 0 Å². The predicted octanol–water partition coefficient (Wildman–Crippen LogP) is 5.14. The van der Waals surface area contributed by atoms with E-state index in [1.807, 2.05) is 54.8 Å². The maximum absolute atomic E-state index is 12.7. The molecule has 1 amide bonds. The molecule has 6 nitrogen and oxygen atoms in total. The summed E-state index contributed by atoms with van der Waals surface area (Å²) in [6.45, 7) is 9.00. The number of thioether (sulfide) groups is 1. The maximum atomic E-state index is 12.7. The molecule has 0 saturated heterocycles. The molecule has 158 valence electrons. The third kappa shape index (κ3) is 4.67. The zero-order valence-electron chi connectivity index (χ0n) is 18.1. The largest absolute Gasteiger partial charge is 0.496 e. The van der Waals surface area contributed by atoms with E-state index in [9.17, 15) is 4.79 Å². The van der Waals surface area contributed by atoms with Gasteiger partial charge in [0.15, 0.2) is 11.0 Å². The summed E-state index contributed by atoms with van der Waals surface area (Å²) in [5.41, 5.74) is 4.00. The van der Waals surface area contributed by atoms with E-state index >= 15 is 0 Å². The fourth-order valence-corrected chi connectivity index (χ4v) is 4.16. The summed E-state index contributed by atoms with van der Waals surface area (Å²) in [6, 6.07) is 13.8. The van der Waals surface area contributed by atoms with Crippen molar-refractivity contribution in [1.82, 2.24) is 14.8 Å². The number of hydrogen-bond acceptors (Lipinski definition) is 5. The number of aromatic nitrogens is 3. The molecule has 0 aliphatic heterocycles. The number of methoxy groups -OCH3 is 1. The molecule has 0 bridgehead atoms. The van der Waals surface area contributed by atoms with E-state index in [0.717, 1.165) is 34.0 Å². The molecule has 1 N–H and O–H groups in total. The Balaban J connectivity index is 1.76. The lowest BCUT2D eigenvalue weighted by Crippen LogP contribution is -2.17. The van der Waals surface area contributed by atoms with Crippen LogP contribution in [0.1, 0.15) is 37.8 Å². The Bertz CT molecular complexity index is 1030. The van der Waals surface area contributed by atoms with Crippen LogP contribution >= 0.6 is 11.8 Å². The molecular weight excluding hydrogens is 396 g/mol. The highest BCUT2D eigenvalue weighted by Gasteiger charge is 2.18. The number of rotatable bonds is 8. The molecule has 2 aromatic carbocycles. The van der Waals surface area contributed by atoms with Crippen molar-refractivity contribution in [3.05, 3.63) is 53.6 Å². The standard InChI is InChI=1S/C23H28N4O2S/c1-6-27-22(18-11-7-8-13-19(18)29-5)25-26-23(27)30-14-20(28)24-21-16(4)10-9-12-17(21)15(2)3/h7-13,15H,6,14H2,1-5H3,(H,24,28). The monoisotopic (exact) mass is 424 g/mol. The van der Waals surface area contributed by atoms with Crippen LogP contribution in [0.25, 0.3) is 11.4 Å². The van der Waals surface area contributed by atoms with Gasteiger partial charge < -0.3 is 14.6 Å². The second-order valence-corrected chi connectivity index (χ2v) is 8.22. The van der Waals surface area contributed by atoms with Crippen LogP contribution in [-0.2, 0) is 11.3 Å². The van der Waals surface area contributed by atoms with E-state index in [2.05, 4.69) is 35.4 Å². The maximum Gasteiger partial charge on any atom is 0.234 e. The van der Waals surface area contributed by atoms with E-state index in [1.165, 1.54) is 11.8 Å². The molecule has 3 aromatic rings. The number of anilines is 1. The van der Waals surface area contributed by atoms with Gasteiger partial charge in [-0.3, -0.25) is 4.79 Å². The first-order chi connectivity index (χ1) is 14.5. The van der Waals surface area contributed by atoms with Crippen LogP contribution in [0.3, 0.4) is 0 Å². The minimum atomic E-state index is -0.0549. The molecule has 0 aliphatic rings. The molecule has 0 aliphatic carbocycles. The van der Waals surface area contributed by atoms with Gasteiger partial charge in [-0.25, -0.2) is 0 Å². The highest BCUT2D eigenvalue weighted by atomic mass is 32.2. The Labute approximate surface area is 182 Å². The summed E-state index contributed by atoms with van der Waals surface area (Å²) >= 11 is 1.38. The Morgan fingerprint density at radius 3 is 2.63 bits per heavy atom. The van der Waals surface area contributed by atoms with Crippen molar-refractivity contribution in [2.24, 2.45) is 0 Å². The third-order valence-corrected chi connectivity index (χ3v) is 5.87. The van der Waals surface area contributed by atoms with Crippen molar-refractivity contribution >= 4 is 23.4 Å². The zero-order valence-corrected chi connectivity index (χ0v) is 18.9. The molecule has 0 fully saturated rings. The highest BCUT2D eigenvalue weighted by molar-refractivity contribution is 7.99. The Hall–Kier alpha value is -2.80. The van der Waals surface area contributed by atoms with Crippen LogP contribution in [0.5, 0.6) is 5.75 Å². The summed E-state index contributed by atoms with van der Waals surface area (Å²) < 4.78 is 7.47. The third-order valence-electron chi connectivity index (χ3n) is 4.90. The summed E-state index contributed by atoms with van der Waals surface area (Å²) in [4.78, 5) is 12.7. The van der Waals surface area contributed by atoms with Crippen molar-refractivity contribution < 1.29 is 9.53 Å². The number of para-hydroxylation sites is 2. The molecule has 7 heteroatoms. The Morgan fingerprint density at radius 2 is 1.93 bits per heavy atom. The summed E-state index contributed by atoms with van der Waals surface area (Å²) in [5.74, 6) is 2.02. The normalized spacial score (nSPS) is 11.0. The van der Waals surface area contributed by atoms with Crippen molar-refractivity contribution in [2.45, 2.75) is 45.3 Å². The Kier molecular flexibility index (Phi) is 7.15. The number of aryl methyl sites for hydroxylation is 1. The number of benzene rings is 2. The fourth-order valence-electron chi connectivity index (χ4n) is 3.36. The van der Waals surface area contributed by atoms with E-state index in [1.54, 1.807) is 7.11 Å². The lowest BCUT2D eigenvalue weighted by atomic mass is 9.98. The van der Waals surface area contributed by atoms with Gasteiger partial charge in [0, 0.05) is 12.2 Å². The molecule has 0 spiro atoms. The van der Waals surface area contributed by atoms with Gasteiger partial charge in [-0.15, -0.1) is 10.2 Å². The van der Waals surface area contributed by atoms with Gasteiger partial charge in [0.2, 0.25) is 5.91 Å². The second-order valence-electron chi connectivity index (χ2n) is 7.28. The minimum Gasteiger partial charge on any atom is -0.496 e. The van der Waals surface area contributed by atoms with Crippen molar-refractivity contribution in [1.29, 1.82) is 0 Å². The average Bonchev–Trinajstić information content (AvgIpc) is 3.16. The molecule has 1 aromatic heterocycles. The lowest BCUT2D eigenvalue weighted by Gasteiger charge is -2.16. The number of hydrogen-bond donors (Lipinski definition) is 1. The first kappa shape index (κ1) is 21.9. The van der Waals surface area contributed by atoms with Gasteiger partial charge in [0.1, 0.15) is 5.75 Å². The molecule has 0 unspecified atom stereocenters. The smallest absolute Gasteiger partial charge is 0.234 e. The molecule has 0 saturated carbocycles. The molecule has 0 radical (unpaired) electrons. The van der Waals surface area contributed by atoms with Crippen LogP contribution in [-0.4, -0.2) is 33.5 Å². The topological polar surface area (TPSA) is 69.0 Å². The number of carbonyl (C=O) groups is 1. The van der Waals surface area contributed by atoms with Crippen LogP contribution in [0, 0.1) is 6.92 Å². The van der Waals surface area contributed by atoms with Gasteiger partial charge in [-0.05, 0) is 43.0 Å². The number of ether oxygens (including phenoxy) is 1. The first-order valence-corrected chi connectivity index (χ1v) is 11.0. The predicted molar refractivity (Wildman–Crippen MR) is 122 cm³/mol. The van der Waals surface area contributed by atoms with E-state index in [4.69, 9.17) is 4.74 Å². The highest BCUT2D eigenvalue weighted by Crippen LogP contribution is 2.31. The van der Waals surface area contributed by atoms with Crippen LogP contribution in [0.15, 0.2) is 47.6 Å². The van der Waals surface area contributed by atoms with Gasteiger partial charge in [0.25, 0.3) is 0 Å². The number of amides is 1. The van der Waals surface area contributed by atoms with Crippen LogP contribution in [0.4, 0.5) is 5.69 Å². The lowest BCUT2D eigenvalue weighted by molar-refractivity contribution is -0.113. The van der Waals surface area contributed by atoms with Crippen molar-refractivity contribution in [3.8, 4) is 17.1 Å². The van der Waals surface area contributed by atoms with E-state index in [-0.39, 0.29) is 11.7 Å². The number of nitrogens with one attached hydrogen (secondary N) is 1. The SMILES string of the molecule is CCn1c(SCC(=O)Nc2c(C)cccc2C(C)C)nnc1-c1ccccc1OC. The Morgan fingerprint density at radius 1 is 1.17 bits per heavy atom. The van der Waals surface area contributed by atoms with Crippen molar-refractivity contribution in [2.75, 3.05) is 18.2 Å². The van der Waals surface area contributed by atoms with Crippen LogP contribution in [0.2, 0.25) is 0 Å². The quantitative estimate of drug-likeness (QED) is 0.507. The summed E-state index contributed by atoms with van der Waals surface area (Å²) in [6.07, 6.45) is 0. The zero-order chi connectivity index (χ0) is 21.7. The van der Waals surface area contributed by atoms with Gasteiger partial charge in [0.05, 0.1) is 18.4 Å². The van der Waals surface area contributed by atoms with E-state index < -0.39 is 0 Å². The molecule has 3 rings (SSSR count). The molecular formula is C23H28N4O2S. The molecule has 0 atom stereocenters. The first-order valence-electron chi connectivity index (χ1n) is 10.0. The average molecular weight is 425 g/mol. The summed E-state index contributed by atoms with van der Waals surface area (Å²) in [5, 5.41) is 12.5. The van der Waals surface area contributed by atoms with Crippen molar-refractivity contribution in [3.63, 3.8) is 0 Å².